The Hall–Kier alpha value is -2.74. The van der Waals surface area contributed by atoms with Crippen LogP contribution in [0, 0.1) is 13.8 Å². The van der Waals surface area contributed by atoms with E-state index >= 15 is 0 Å². The van der Waals surface area contributed by atoms with Gasteiger partial charge in [-0.15, -0.1) is 0 Å². The molecule has 148 valence electrons. The fraction of sp³-hybridized carbons (Fsp3) is 0.263. The number of amides is 2. The Balaban J connectivity index is 1.89. The smallest absolute Gasteiger partial charge is 0.306 e. The number of urea groups is 1. The maximum atomic E-state index is 13.1. The van der Waals surface area contributed by atoms with Crippen LogP contribution in [-0.4, -0.2) is 22.9 Å². The normalized spacial score (nSPS) is 11.7. The molecule has 3 rings (SSSR count). The van der Waals surface area contributed by atoms with E-state index in [2.05, 4.69) is 10.4 Å². The van der Waals surface area contributed by atoms with Gasteiger partial charge in [0.25, 0.3) is 0 Å². The molecule has 0 spiro atoms. The Morgan fingerprint density at radius 1 is 1.21 bits per heavy atom. The lowest BCUT2D eigenvalue weighted by Crippen LogP contribution is -2.31. The fourth-order valence-electron chi connectivity index (χ4n) is 2.92. The van der Waals surface area contributed by atoms with Gasteiger partial charge in [-0.2, -0.15) is 18.3 Å². The van der Waals surface area contributed by atoms with Gasteiger partial charge in [0, 0.05) is 30.9 Å². The molecule has 0 bridgehead atoms. The number of nitrogens with zero attached hydrogens (tertiary/aromatic N) is 3. The highest BCUT2D eigenvalue weighted by atomic mass is 35.5. The van der Waals surface area contributed by atoms with E-state index in [0.29, 0.717) is 11.2 Å². The second-order valence-corrected chi connectivity index (χ2v) is 6.95. The van der Waals surface area contributed by atoms with Crippen molar-refractivity contribution in [2.24, 2.45) is 7.05 Å². The molecule has 0 unspecified atom stereocenters. The standard InChI is InChI=1S/C19H18ClF3N4O/c1-10-7-15(20)17(9-14(10)19(21,22)23)24-18(28)26(3)12-5-6-13-11(2)27(4)25-16(13)8-12/h5-9H,1-4H3,(H,24,28). The minimum atomic E-state index is -4.54. The second kappa shape index (κ2) is 7.01. The fourth-order valence-corrected chi connectivity index (χ4v) is 3.18. The van der Waals surface area contributed by atoms with Gasteiger partial charge in [-0.25, -0.2) is 4.79 Å². The average Bonchev–Trinajstić information content (AvgIpc) is 2.89. The van der Waals surface area contributed by atoms with Gasteiger partial charge in [0.1, 0.15) is 0 Å². The van der Waals surface area contributed by atoms with Gasteiger partial charge in [0.2, 0.25) is 0 Å². The Bertz CT molecular complexity index is 1080. The lowest BCUT2D eigenvalue weighted by Gasteiger charge is -2.20. The minimum Gasteiger partial charge on any atom is -0.306 e. The summed E-state index contributed by atoms with van der Waals surface area (Å²) in [7, 11) is 3.34. The lowest BCUT2D eigenvalue weighted by atomic mass is 10.1. The number of aromatic nitrogens is 2. The molecule has 2 amide bonds. The quantitative estimate of drug-likeness (QED) is 0.603. The highest BCUT2D eigenvalue weighted by Gasteiger charge is 2.33. The number of hydrogen-bond donors (Lipinski definition) is 1. The zero-order valence-corrected chi connectivity index (χ0v) is 16.4. The molecule has 5 nitrogen and oxygen atoms in total. The summed E-state index contributed by atoms with van der Waals surface area (Å²) in [4.78, 5) is 13.9. The molecule has 0 aliphatic heterocycles. The highest BCUT2D eigenvalue weighted by Crippen LogP contribution is 2.36. The van der Waals surface area contributed by atoms with Crippen LogP contribution in [0.2, 0.25) is 5.02 Å². The van der Waals surface area contributed by atoms with Crippen LogP contribution in [-0.2, 0) is 13.2 Å². The second-order valence-electron chi connectivity index (χ2n) is 6.54. The van der Waals surface area contributed by atoms with Gasteiger partial charge < -0.3 is 5.32 Å². The molecule has 0 radical (unpaired) electrons. The van der Waals surface area contributed by atoms with Crippen LogP contribution in [0.5, 0.6) is 0 Å². The number of halogens is 4. The van der Waals surface area contributed by atoms with Crippen LogP contribution in [0.1, 0.15) is 16.8 Å². The van der Waals surface area contributed by atoms with Gasteiger partial charge in [0.15, 0.2) is 0 Å². The van der Waals surface area contributed by atoms with Crippen molar-refractivity contribution in [2.45, 2.75) is 20.0 Å². The van der Waals surface area contributed by atoms with Crippen molar-refractivity contribution in [1.82, 2.24) is 9.78 Å². The molecule has 0 aliphatic rings. The summed E-state index contributed by atoms with van der Waals surface area (Å²) in [5, 5.41) is 7.80. The number of carbonyl (C=O) groups is 1. The molecule has 2 aromatic carbocycles. The largest absolute Gasteiger partial charge is 0.416 e. The third kappa shape index (κ3) is 3.64. The predicted octanol–water partition coefficient (Wildman–Crippen LogP) is 5.53. The van der Waals surface area contributed by atoms with Crippen molar-refractivity contribution in [3.63, 3.8) is 0 Å². The highest BCUT2D eigenvalue weighted by molar-refractivity contribution is 6.34. The summed E-state index contributed by atoms with van der Waals surface area (Å²) in [5.41, 5.74) is 1.28. The number of benzene rings is 2. The van der Waals surface area contributed by atoms with Crippen molar-refractivity contribution in [2.75, 3.05) is 17.3 Å². The molecule has 1 heterocycles. The maximum absolute atomic E-state index is 13.1. The summed E-state index contributed by atoms with van der Waals surface area (Å²) in [6.45, 7) is 3.25. The van der Waals surface area contributed by atoms with Crippen LogP contribution < -0.4 is 10.2 Å². The number of alkyl halides is 3. The van der Waals surface area contributed by atoms with Gasteiger partial charge in [-0.3, -0.25) is 9.58 Å². The number of nitrogens with one attached hydrogen (secondary N) is 1. The SMILES string of the molecule is Cc1cc(Cl)c(NC(=O)N(C)c2ccc3c(C)n(C)nc3c2)cc1C(F)(F)F. The van der Waals surface area contributed by atoms with Crippen molar-refractivity contribution >= 4 is 39.9 Å². The molecule has 0 saturated carbocycles. The molecule has 0 aliphatic carbocycles. The molecule has 0 saturated heterocycles. The number of carbonyl (C=O) groups excluding carboxylic acids is 1. The van der Waals surface area contributed by atoms with Gasteiger partial charge in [-0.05, 0) is 49.7 Å². The molecule has 28 heavy (non-hydrogen) atoms. The van der Waals surface area contributed by atoms with Crippen LogP contribution >= 0.6 is 11.6 Å². The topological polar surface area (TPSA) is 50.2 Å². The third-order valence-electron chi connectivity index (χ3n) is 4.67. The number of hydrogen-bond acceptors (Lipinski definition) is 2. The van der Waals surface area contributed by atoms with Gasteiger partial charge in [-0.1, -0.05) is 11.6 Å². The molecule has 1 aromatic heterocycles. The van der Waals surface area contributed by atoms with Crippen LogP contribution in [0.25, 0.3) is 10.9 Å². The first kappa shape index (κ1) is 20.0. The minimum absolute atomic E-state index is 0.0140. The summed E-state index contributed by atoms with van der Waals surface area (Å²) in [5.74, 6) is 0. The first-order valence-electron chi connectivity index (χ1n) is 8.34. The molecule has 0 fully saturated rings. The Morgan fingerprint density at radius 3 is 2.54 bits per heavy atom. The van der Waals surface area contributed by atoms with Crippen LogP contribution in [0.15, 0.2) is 30.3 Å². The Morgan fingerprint density at radius 2 is 1.89 bits per heavy atom. The average molecular weight is 411 g/mol. The zero-order valence-electron chi connectivity index (χ0n) is 15.6. The molecule has 0 atom stereocenters. The van der Waals surface area contributed by atoms with Crippen molar-refractivity contribution in [3.8, 4) is 0 Å². The molecular weight excluding hydrogens is 393 g/mol. The van der Waals surface area contributed by atoms with E-state index in [1.54, 1.807) is 16.8 Å². The van der Waals surface area contributed by atoms with Gasteiger partial charge in [0.05, 0.1) is 21.8 Å². The van der Waals surface area contributed by atoms with Crippen molar-refractivity contribution in [3.05, 3.63) is 52.2 Å². The van der Waals surface area contributed by atoms with E-state index < -0.39 is 17.8 Å². The van der Waals surface area contributed by atoms with E-state index in [9.17, 15) is 18.0 Å². The Labute approximate surface area is 164 Å². The van der Waals surface area contributed by atoms with Crippen molar-refractivity contribution < 1.29 is 18.0 Å². The number of anilines is 2. The molecular formula is C19H18ClF3N4O. The number of fused-ring (bicyclic) bond motifs is 1. The van der Waals surface area contributed by atoms with E-state index in [-0.39, 0.29) is 16.3 Å². The zero-order chi connectivity index (χ0) is 20.8. The lowest BCUT2D eigenvalue weighted by molar-refractivity contribution is -0.138. The van der Waals surface area contributed by atoms with Crippen LogP contribution in [0.3, 0.4) is 0 Å². The monoisotopic (exact) mass is 410 g/mol. The molecule has 1 N–H and O–H groups in total. The molecule has 3 aromatic rings. The van der Waals surface area contributed by atoms with Crippen molar-refractivity contribution in [1.29, 1.82) is 0 Å². The molecule has 9 heteroatoms. The van der Waals surface area contributed by atoms with Gasteiger partial charge >= 0.3 is 12.2 Å². The summed E-state index contributed by atoms with van der Waals surface area (Å²) in [6, 6.07) is 6.73. The van der Waals surface area contributed by atoms with E-state index in [1.165, 1.54) is 24.9 Å². The van der Waals surface area contributed by atoms with E-state index in [1.807, 2.05) is 20.0 Å². The van der Waals surface area contributed by atoms with Crippen LogP contribution in [0.4, 0.5) is 29.3 Å². The summed E-state index contributed by atoms with van der Waals surface area (Å²) < 4.78 is 41.1. The predicted molar refractivity (Wildman–Crippen MR) is 104 cm³/mol. The third-order valence-corrected chi connectivity index (χ3v) is 4.98. The van der Waals surface area contributed by atoms with E-state index in [0.717, 1.165) is 17.1 Å². The first-order valence-corrected chi connectivity index (χ1v) is 8.72. The Kier molecular flexibility index (Phi) is 5.01. The maximum Gasteiger partial charge on any atom is 0.416 e. The number of rotatable bonds is 2. The number of aryl methyl sites for hydroxylation is 3. The summed E-state index contributed by atoms with van der Waals surface area (Å²) in [6.07, 6.45) is -4.54. The van der Waals surface area contributed by atoms with E-state index in [4.69, 9.17) is 11.6 Å². The summed E-state index contributed by atoms with van der Waals surface area (Å²) >= 11 is 6.03. The first-order chi connectivity index (χ1) is 13.0.